The monoisotopic (exact) mass is 306 g/mol. The van der Waals surface area contributed by atoms with Crippen LogP contribution < -0.4 is 14.8 Å². The van der Waals surface area contributed by atoms with E-state index in [-0.39, 0.29) is 0 Å². The highest BCUT2D eigenvalue weighted by Crippen LogP contribution is 2.25. The number of aryl methyl sites for hydroxylation is 1. The van der Waals surface area contributed by atoms with E-state index < -0.39 is 0 Å². The van der Waals surface area contributed by atoms with Crippen LogP contribution in [0, 0.1) is 6.92 Å². The van der Waals surface area contributed by atoms with E-state index in [0.717, 1.165) is 47.3 Å². The number of thiazole rings is 1. The summed E-state index contributed by atoms with van der Waals surface area (Å²) in [7, 11) is 1.68. The lowest BCUT2D eigenvalue weighted by molar-refractivity contribution is 0.300. The summed E-state index contributed by atoms with van der Waals surface area (Å²) in [5, 5.41) is 6.43. The summed E-state index contributed by atoms with van der Waals surface area (Å²) in [4.78, 5) is 4.42. The molecular weight excluding hydrogens is 284 g/mol. The third-order valence-corrected chi connectivity index (χ3v) is 3.97. The molecular formula is C16H22N2O2S. The predicted molar refractivity (Wildman–Crippen MR) is 86.2 cm³/mol. The quantitative estimate of drug-likeness (QED) is 0.758. The number of methoxy groups -OCH3 is 1. The standard InChI is InChI=1S/C16H22N2O2S/c1-4-7-17-9-13-8-14(19-3)5-6-15(13)20-10-16-18-12(2)11-21-16/h5-6,8,11,17H,4,7,9-10H2,1-3H3. The first kappa shape index (κ1) is 15.8. The van der Waals surface area contributed by atoms with Crippen molar-refractivity contribution in [3.63, 3.8) is 0 Å². The molecule has 5 heteroatoms. The zero-order valence-corrected chi connectivity index (χ0v) is 13.6. The van der Waals surface area contributed by atoms with Gasteiger partial charge in [-0.25, -0.2) is 4.98 Å². The van der Waals surface area contributed by atoms with Crippen molar-refractivity contribution in [1.29, 1.82) is 0 Å². The van der Waals surface area contributed by atoms with Gasteiger partial charge in [0.15, 0.2) is 0 Å². The van der Waals surface area contributed by atoms with Gasteiger partial charge in [-0.3, -0.25) is 0 Å². The fraction of sp³-hybridized carbons (Fsp3) is 0.438. The zero-order chi connectivity index (χ0) is 15.1. The fourth-order valence-electron chi connectivity index (χ4n) is 1.97. The van der Waals surface area contributed by atoms with Crippen LogP contribution >= 0.6 is 11.3 Å². The maximum absolute atomic E-state index is 5.92. The van der Waals surface area contributed by atoms with Gasteiger partial charge < -0.3 is 14.8 Å². The van der Waals surface area contributed by atoms with E-state index in [1.54, 1.807) is 18.4 Å². The third-order valence-electron chi connectivity index (χ3n) is 3.03. The zero-order valence-electron chi connectivity index (χ0n) is 12.8. The first-order chi connectivity index (χ1) is 10.2. The van der Waals surface area contributed by atoms with E-state index in [1.807, 2.05) is 30.5 Å². The minimum Gasteiger partial charge on any atom is -0.497 e. The molecule has 0 unspecified atom stereocenters. The van der Waals surface area contributed by atoms with Gasteiger partial charge in [0.1, 0.15) is 23.1 Å². The second-order valence-electron chi connectivity index (χ2n) is 4.82. The molecule has 0 aliphatic heterocycles. The lowest BCUT2D eigenvalue weighted by Gasteiger charge is -2.13. The molecule has 0 atom stereocenters. The molecule has 0 spiro atoms. The molecule has 0 bridgehead atoms. The smallest absolute Gasteiger partial charge is 0.140 e. The van der Waals surface area contributed by atoms with Gasteiger partial charge in [-0.05, 0) is 38.1 Å². The maximum Gasteiger partial charge on any atom is 0.140 e. The van der Waals surface area contributed by atoms with Crippen molar-refractivity contribution in [3.8, 4) is 11.5 Å². The first-order valence-electron chi connectivity index (χ1n) is 7.14. The fourth-order valence-corrected chi connectivity index (χ4v) is 2.65. The predicted octanol–water partition coefficient (Wildman–Crippen LogP) is 3.54. The van der Waals surface area contributed by atoms with Gasteiger partial charge in [-0.2, -0.15) is 0 Å². The molecule has 0 saturated carbocycles. The maximum atomic E-state index is 5.92. The molecule has 21 heavy (non-hydrogen) atoms. The molecule has 1 heterocycles. The molecule has 1 N–H and O–H groups in total. The molecule has 1 aromatic carbocycles. The van der Waals surface area contributed by atoms with Crippen LogP contribution in [0.15, 0.2) is 23.6 Å². The Morgan fingerprint density at radius 1 is 1.33 bits per heavy atom. The molecule has 0 aliphatic rings. The van der Waals surface area contributed by atoms with E-state index in [0.29, 0.717) is 6.61 Å². The van der Waals surface area contributed by atoms with Gasteiger partial charge in [0, 0.05) is 23.2 Å². The summed E-state index contributed by atoms with van der Waals surface area (Å²) in [6, 6.07) is 5.90. The number of hydrogen-bond acceptors (Lipinski definition) is 5. The molecule has 0 fully saturated rings. The van der Waals surface area contributed by atoms with Crippen molar-refractivity contribution in [2.24, 2.45) is 0 Å². The Balaban J connectivity index is 2.05. The van der Waals surface area contributed by atoms with E-state index in [9.17, 15) is 0 Å². The van der Waals surface area contributed by atoms with Crippen molar-refractivity contribution >= 4 is 11.3 Å². The summed E-state index contributed by atoms with van der Waals surface area (Å²) < 4.78 is 11.2. The molecule has 0 amide bonds. The minimum absolute atomic E-state index is 0.506. The number of rotatable bonds is 8. The molecule has 2 aromatic rings. The van der Waals surface area contributed by atoms with Gasteiger partial charge in [0.05, 0.1) is 7.11 Å². The largest absolute Gasteiger partial charge is 0.497 e. The number of nitrogens with zero attached hydrogens (tertiary/aromatic N) is 1. The van der Waals surface area contributed by atoms with E-state index in [4.69, 9.17) is 9.47 Å². The van der Waals surface area contributed by atoms with Crippen LogP contribution in [0.3, 0.4) is 0 Å². The number of hydrogen-bond donors (Lipinski definition) is 1. The lowest BCUT2D eigenvalue weighted by Crippen LogP contribution is -2.14. The van der Waals surface area contributed by atoms with Crippen molar-refractivity contribution in [2.75, 3.05) is 13.7 Å². The van der Waals surface area contributed by atoms with Gasteiger partial charge in [0.2, 0.25) is 0 Å². The van der Waals surface area contributed by atoms with Crippen molar-refractivity contribution < 1.29 is 9.47 Å². The Morgan fingerprint density at radius 3 is 2.86 bits per heavy atom. The third kappa shape index (κ3) is 4.72. The summed E-state index contributed by atoms with van der Waals surface area (Å²) in [6.07, 6.45) is 1.11. The van der Waals surface area contributed by atoms with Gasteiger partial charge in [-0.15, -0.1) is 11.3 Å². The van der Waals surface area contributed by atoms with E-state index in [1.165, 1.54) is 0 Å². The average molecular weight is 306 g/mol. The van der Waals surface area contributed by atoms with Crippen molar-refractivity contribution in [2.45, 2.75) is 33.4 Å². The highest BCUT2D eigenvalue weighted by atomic mass is 32.1. The molecule has 2 rings (SSSR count). The van der Waals surface area contributed by atoms with E-state index >= 15 is 0 Å². The average Bonchev–Trinajstić information content (AvgIpc) is 2.91. The van der Waals surface area contributed by atoms with Crippen LogP contribution in [0.1, 0.15) is 29.6 Å². The topological polar surface area (TPSA) is 43.4 Å². The van der Waals surface area contributed by atoms with Crippen LogP contribution in [0.5, 0.6) is 11.5 Å². The van der Waals surface area contributed by atoms with Crippen molar-refractivity contribution in [1.82, 2.24) is 10.3 Å². The summed E-state index contributed by atoms with van der Waals surface area (Å²) in [5.74, 6) is 1.73. The SMILES string of the molecule is CCCNCc1cc(OC)ccc1OCc1nc(C)cs1. The molecule has 0 saturated heterocycles. The number of aromatic nitrogens is 1. The van der Waals surface area contributed by atoms with Gasteiger partial charge in [-0.1, -0.05) is 6.92 Å². The molecule has 114 valence electrons. The molecule has 0 aliphatic carbocycles. The number of benzene rings is 1. The van der Waals surface area contributed by atoms with Gasteiger partial charge in [0.25, 0.3) is 0 Å². The minimum atomic E-state index is 0.506. The van der Waals surface area contributed by atoms with Crippen LogP contribution in [-0.4, -0.2) is 18.6 Å². The summed E-state index contributed by atoms with van der Waals surface area (Å²) >= 11 is 1.63. The summed E-state index contributed by atoms with van der Waals surface area (Å²) in [5.41, 5.74) is 2.15. The molecule has 1 aromatic heterocycles. The highest BCUT2D eigenvalue weighted by molar-refractivity contribution is 7.09. The second kappa shape index (κ2) is 8.00. The van der Waals surface area contributed by atoms with Crippen LogP contribution in [0.4, 0.5) is 0 Å². The van der Waals surface area contributed by atoms with Gasteiger partial charge >= 0.3 is 0 Å². The second-order valence-corrected chi connectivity index (χ2v) is 5.76. The van der Waals surface area contributed by atoms with Crippen LogP contribution in [0.2, 0.25) is 0 Å². The normalized spacial score (nSPS) is 10.6. The van der Waals surface area contributed by atoms with Crippen LogP contribution in [0.25, 0.3) is 0 Å². The molecule has 0 radical (unpaired) electrons. The summed E-state index contributed by atoms with van der Waals surface area (Å²) in [6.45, 7) is 6.42. The Bertz CT molecular complexity index is 569. The highest BCUT2D eigenvalue weighted by Gasteiger charge is 2.07. The van der Waals surface area contributed by atoms with Crippen molar-refractivity contribution in [3.05, 3.63) is 39.8 Å². The van der Waals surface area contributed by atoms with Crippen LogP contribution in [-0.2, 0) is 13.2 Å². The number of ether oxygens (including phenoxy) is 2. The Morgan fingerprint density at radius 2 is 2.19 bits per heavy atom. The Kier molecular flexibility index (Phi) is 6.02. The molecule has 4 nitrogen and oxygen atoms in total. The van der Waals surface area contributed by atoms with E-state index in [2.05, 4.69) is 17.2 Å². The lowest BCUT2D eigenvalue weighted by atomic mass is 10.2. The Labute approximate surface area is 130 Å². The first-order valence-corrected chi connectivity index (χ1v) is 8.02. The number of nitrogens with one attached hydrogen (secondary N) is 1. The Hall–Kier alpha value is -1.59.